The van der Waals surface area contributed by atoms with Gasteiger partial charge < -0.3 is 0 Å². The third-order valence-electron chi connectivity index (χ3n) is 4.92. The van der Waals surface area contributed by atoms with Crippen molar-refractivity contribution >= 4 is 56.4 Å². The number of hydrogen-bond acceptors (Lipinski definition) is 0. The van der Waals surface area contributed by atoms with E-state index in [9.17, 15) is 0 Å². The van der Waals surface area contributed by atoms with Gasteiger partial charge in [-0.2, -0.15) is 0 Å². The Kier molecular flexibility index (Phi) is 5.30. The molecule has 3 heteroatoms. The molecule has 0 saturated carbocycles. The molecule has 0 aliphatic rings. The topological polar surface area (TPSA) is 0 Å². The van der Waals surface area contributed by atoms with Crippen molar-refractivity contribution in [1.82, 2.24) is 0 Å². The Bertz CT molecular complexity index is 917. The average Bonchev–Trinajstić information content (AvgIpc) is 2.70. The first kappa shape index (κ1) is 18.2. The monoisotopic (exact) mass is 448 g/mol. The van der Waals surface area contributed by atoms with Crippen LogP contribution in [0.5, 0.6) is 0 Å². The summed E-state index contributed by atoms with van der Waals surface area (Å²) in [5.74, 6) is 0. The first-order valence-corrected chi connectivity index (χ1v) is 12.0. The smallest absolute Gasteiger partial charge is 0.0843 e. The number of rotatable bonds is 4. The molecule has 132 valence electrons. The highest BCUT2D eigenvalue weighted by Gasteiger charge is 2.41. The van der Waals surface area contributed by atoms with Crippen LogP contribution in [0, 0.1) is 0 Å². The van der Waals surface area contributed by atoms with E-state index in [1.807, 2.05) is 6.07 Å². The normalized spacial score (nSPS) is 11.3. The lowest BCUT2D eigenvalue weighted by atomic mass is 10.3. The van der Waals surface area contributed by atoms with E-state index in [-0.39, 0.29) is 0 Å². The standard InChI is InChI=1S/C24H18BrClSi/c25-19-16-20(26)18-24(17-19)27(21-10-4-1-5-11-21,22-12-6-2-7-13-22)23-14-8-3-9-15-23/h1-18H. The van der Waals surface area contributed by atoms with Gasteiger partial charge in [-0.3, -0.25) is 0 Å². The molecule has 0 heterocycles. The van der Waals surface area contributed by atoms with E-state index in [0.717, 1.165) is 9.50 Å². The van der Waals surface area contributed by atoms with E-state index < -0.39 is 8.07 Å². The summed E-state index contributed by atoms with van der Waals surface area (Å²) in [4.78, 5) is 0. The van der Waals surface area contributed by atoms with Crippen molar-refractivity contribution in [2.75, 3.05) is 0 Å². The lowest BCUT2D eigenvalue weighted by Crippen LogP contribution is -2.74. The zero-order chi connectivity index (χ0) is 18.7. The van der Waals surface area contributed by atoms with Crippen molar-refractivity contribution < 1.29 is 0 Å². The second-order valence-electron chi connectivity index (χ2n) is 6.51. The molecular weight excluding hydrogens is 432 g/mol. The number of benzene rings is 4. The summed E-state index contributed by atoms with van der Waals surface area (Å²) in [7, 11) is -2.48. The van der Waals surface area contributed by atoms with Crippen LogP contribution in [0.1, 0.15) is 0 Å². The van der Waals surface area contributed by atoms with Crippen LogP contribution in [0.3, 0.4) is 0 Å². The molecule has 0 saturated heterocycles. The highest BCUT2D eigenvalue weighted by atomic mass is 79.9. The SMILES string of the molecule is Clc1cc(Br)cc([Si](c2ccccc2)(c2ccccc2)c2ccccc2)c1. The van der Waals surface area contributed by atoms with Gasteiger partial charge >= 0.3 is 0 Å². The first-order valence-electron chi connectivity index (χ1n) is 8.84. The zero-order valence-electron chi connectivity index (χ0n) is 14.6. The second-order valence-corrected chi connectivity index (χ2v) is 11.7. The van der Waals surface area contributed by atoms with Gasteiger partial charge in [-0.15, -0.1) is 0 Å². The van der Waals surface area contributed by atoms with Crippen molar-refractivity contribution in [3.05, 3.63) is 119 Å². The van der Waals surface area contributed by atoms with Gasteiger partial charge in [-0.25, -0.2) is 0 Å². The second kappa shape index (κ2) is 7.85. The molecule has 4 aromatic rings. The Hall–Kier alpha value is -2.13. The quantitative estimate of drug-likeness (QED) is 0.318. The van der Waals surface area contributed by atoms with Crippen LogP contribution >= 0.6 is 27.5 Å². The maximum Gasteiger partial charge on any atom is 0.179 e. The highest BCUT2D eigenvalue weighted by molar-refractivity contribution is 9.10. The summed E-state index contributed by atoms with van der Waals surface area (Å²) in [5.41, 5.74) is 0. The van der Waals surface area contributed by atoms with E-state index >= 15 is 0 Å². The zero-order valence-corrected chi connectivity index (χ0v) is 18.0. The predicted octanol–water partition coefficient (Wildman–Crippen LogP) is 4.48. The Labute approximate surface area is 174 Å². The van der Waals surface area contributed by atoms with Crippen molar-refractivity contribution in [2.24, 2.45) is 0 Å². The van der Waals surface area contributed by atoms with Gasteiger partial charge in [0.25, 0.3) is 0 Å². The molecule has 27 heavy (non-hydrogen) atoms. The van der Waals surface area contributed by atoms with Gasteiger partial charge in [-0.05, 0) is 38.9 Å². The van der Waals surface area contributed by atoms with Gasteiger partial charge in [0.2, 0.25) is 0 Å². The third kappa shape index (κ3) is 3.41. The maximum atomic E-state index is 6.51. The molecule has 0 bridgehead atoms. The third-order valence-corrected chi connectivity index (χ3v) is 10.3. The molecule has 0 radical (unpaired) electrons. The Balaban J connectivity index is 2.16. The molecule has 0 nitrogen and oxygen atoms in total. The fraction of sp³-hybridized carbons (Fsp3) is 0. The Morgan fingerprint density at radius 3 is 1.30 bits per heavy atom. The van der Waals surface area contributed by atoms with Gasteiger partial charge in [0.1, 0.15) is 0 Å². The van der Waals surface area contributed by atoms with E-state index in [4.69, 9.17) is 11.6 Å². The minimum Gasteiger partial charge on any atom is -0.0843 e. The van der Waals surface area contributed by atoms with Crippen molar-refractivity contribution in [2.45, 2.75) is 0 Å². The van der Waals surface area contributed by atoms with E-state index in [0.29, 0.717) is 0 Å². The molecule has 4 aromatic carbocycles. The van der Waals surface area contributed by atoms with Gasteiger partial charge in [-0.1, -0.05) is 119 Å². The fourth-order valence-electron chi connectivity index (χ4n) is 3.83. The minimum atomic E-state index is -2.48. The summed E-state index contributed by atoms with van der Waals surface area (Å²) in [6.45, 7) is 0. The summed E-state index contributed by atoms with van der Waals surface area (Å²) < 4.78 is 1.00. The Morgan fingerprint density at radius 1 is 0.519 bits per heavy atom. The van der Waals surface area contributed by atoms with Crippen LogP contribution in [0.25, 0.3) is 0 Å². The van der Waals surface area contributed by atoms with E-state index in [1.165, 1.54) is 20.7 Å². The van der Waals surface area contributed by atoms with E-state index in [1.54, 1.807) is 0 Å². The van der Waals surface area contributed by atoms with Crippen LogP contribution in [0.2, 0.25) is 5.02 Å². The molecule has 4 rings (SSSR count). The van der Waals surface area contributed by atoms with Gasteiger partial charge in [0.05, 0.1) is 0 Å². The molecule has 0 N–H and O–H groups in total. The molecular formula is C24H18BrClSi. The summed E-state index contributed by atoms with van der Waals surface area (Å²) in [5, 5.41) is 6.05. The lowest BCUT2D eigenvalue weighted by molar-refractivity contribution is 1.64. The van der Waals surface area contributed by atoms with Gasteiger partial charge in [0, 0.05) is 9.50 Å². The molecule has 0 aliphatic carbocycles. The van der Waals surface area contributed by atoms with Crippen LogP contribution in [-0.4, -0.2) is 8.07 Å². The molecule has 0 atom stereocenters. The van der Waals surface area contributed by atoms with Crippen molar-refractivity contribution in [1.29, 1.82) is 0 Å². The summed E-state index contributed by atoms with van der Waals surface area (Å²) >= 11 is 10.2. The van der Waals surface area contributed by atoms with Crippen LogP contribution in [0.15, 0.2) is 114 Å². The molecule has 0 amide bonds. The highest BCUT2D eigenvalue weighted by Crippen LogP contribution is 2.18. The van der Waals surface area contributed by atoms with Crippen molar-refractivity contribution in [3.63, 3.8) is 0 Å². The van der Waals surface area contributed by atoms with Crippen LogP contribution in [-0.2, 0) is 0 Å². The maximum absolute atomic E-state index is 6.51. The molecule has 0 fully saturated rings. The molecule has 0 spiro atoms. The fourth-order valence-corrected chi connectivity index (χ4v) is 9.82. The molecule has 0 aromatic heterocycles. The summed E-state index contributed by atoms with van der Waals surface area (Å²) in [6, 6.07) is 38.8. The number of halogens is 2. The lowest BCUT2D eigenvalue weighted by Gasteiger charge is -2.34. The average molecular weight is 450 g/mol. The summed E-state index contributed by atoms with van der Waals surface area (Å²) in [6.07, 6.45) is 0. The van der Waals surface area contributed by atoms with E-state index in [2.05, 4.69) is 119 Å². The Morgan fingerprint density at radius 2 is 0.926 bits per heavy atom. The number of hydrogen-bond donors (Lipinski definition) is 0. The first-order chi connectivity index (χ1) is 13.2. The molecule has 0 unspecified atom stereocenters. The van der Waals surface area contributed by atoms with Gasteiger partial charge in [0.15, 0.2) is 8.07 Å². The minimum absolute atomic E-state index is 0.749. The predicted molar refractivity (Wildman–Crippen MR) is 123 cm³/mol. The van der Waals surface area contributed by atoms with Crippen LogP contribution < -0.4 is 20.7 Å². The largest absolute Gasteiger partial charge is 0.179 e. The van der Waals surface area contributed by atoms with Crippen LogP contribution in [0.4, 0.5) is 0 Å². The molecule has 0 aliphatic heterocycles. The van der Waals surface area contributed by atoms with Crippen molar-refractivity contribution in [3.8, 4) is 0 Å².